The lowest BCUT2D eigenvalue weighted by Gasteiger charge is -2.20. The molecule has 0 N–H and O–H groups in total. The quantitative estimate of drug-likeness (QED) is 0.797. The molecule has 1 aromatic heterocycles. The maximum Gasteiger partial charge on any atom is 0.287 e. The lowest BCUT2D eigenvalue weighted by molar-refractivity contribution is 0.638. The molecular formula is C16H18ClN3O. The van der Waals surface area contributed by atoms with Gasteiger partial charge in [0.15, 0.2) is 0 Å². The molecule has 0 bridgehead atoms. The molecule has 5 heteroatoms. The molecule has 0 radical (unpaired) electrons. The zero-order chi connectivity index (χ0) is 15.4. The van der Waals surface area contributed by atoms with Crippen LogP contribution in [0.3, 0.4) is 0 Å². The third kappa shape index (κ3) is 3.73. The van der Waals surface area contributed by atoms with Crippen molar-refractivity contribution >= 4 is 17.3 Å². The monoisotopic (exact) mass is 303 g/mol. The van der Waals surface area contributed by atoms with Crippen LogP contribution in [0.15, 0.2) is 53.5 Å². The molecule has 0 amide bonds. The van der Waals surface area contributed by atoms with Crippen molar-refractivity contribution in [3.05, 3.63) is 69.6 Å². The molecule has 1 heterocycles. The van der Waals surface area contributed by atoms with Crippen molar-refractivity contribution in [2.24, 2.45) is 0 Å². The number of hydrogen-bond acceptors (Lipinski definition) is 3. The van der Waals surface area contributed by atoms with Gasteiger partial charge >= 0.3 is 0 Å². The van der Waals surface area contributed by atoms with Gasteiger partial charge in [-0.3, -0.25) is 4.79 Å². The first kappa shape index (κ1) is 15.3. The highest BCUT2D eigenvalue weighted by Crippen LogP contribution is 2.20. The van der Waals surface area contributed by atoms with Crippen molar-refractivity contribution in [2.75, 3.05) is 18.5 Å². The van der Waals surface area contributed by atoms with E-state index in [1.165, 1.54) is 4.68 Å². The summed E-state index contributed by atoms with van der Waals surface area (Å²) in [5.74, 6) is 0. The first-order valence-corrected chi connectivity index (χ1v) is 7.02. The molecule has 0 saturated heterocycles. The summed E-state index contributed by atoms with van der Waals surface area (Å²) in [6, 6.07) is 9.68. The minimum absolute atomic E-state index is 0.185. The van der Waals surface area contributed by atoms with E-state index < -0.39 is 0 Å². The second-order valence-corrected chi connectivity index (χ2v) is 5.48. The Balaban J connectivity index is 2.29. The third-order valence-corrected chi connectivity index (χ3v) is 3.42. The molecule has 1 aromatic carbocycles. The van der Waals surface area contributed by atoms with Crippen LogP contribution >= 0.6 is 11.6 Å². The molecule has 0 atom stereocenters. The van der Waals surface area contributed by atoms with Gasteiger partial charge < -0.3 is 4.90 Å². The predicted molar refractivity (Wildman–Crippen MR) is 87.1 cm³/mol. The molecular weight excluding hydrogens is 286 g/mol. The first-order valence-electron chi connectivity index (χ1n) is 6.64. The number of rotatable bonds is 5. The van der Waals surface area contributed by atoms with E-state index in [0.29, 0.717) is 18.8 Å². The summed E-state index contributed by atoms with van der Waals surface area (Å²) in [5, 5.41) is 4.40. The maximum atomic E-state index is 12.3. The highest BCUT2D eigenvalue weighted by atomic mass is 35.5. The number of likely N-dealkylation sites (N-methyl/N-ethyl adjacent to an activating group) is 1. The standard InChI is InChI=1S/C16H18ClN3O/c1-12(2)10-19(3)14-9-18-20(16(21)15(14)17)11-13-7-5-4-6-8-13/h4-9H,1,10-11H2,2-3H3. The van der Waals surface area contributed by atoms with Crippen LogP contribution in [0.5, 0.6) is 0 Å². The minimum atomic E-state index is -0.286. The lowest BCUT2D eigenvalue weighted by atomic mass is 10.2. The molecule has 0 spiro atoms. The van der Waals surface area contributed by atoms with Crippen LogP contribution < -0.4 is 10.5 Å². The van der Waals surface area contributed by atoms with E-state index in [9.17, 15) is 4.79 Å². The number of anilines is 1. The minimum Gasteiger partial charge on any atom is -0.368 e. The van der Waals surface area contributed by atoms with Gasteiger partial charge in [0.1, 0.15) is 5.02 Å². The van der Waals surface area contributed by atoms with Crippen LogP contribution in [-0.2, 0) is 6.54 Å². The number of halogens is 1. The molecule has 110 valence electrons. The molecule has 4 nitrogen and oxygen atoms in total. The number of benzene rings is 1. The fourth-order valence-electron chi connectivity index (χ4n) is 2.08. The van der Waals surface area contributed by atoms with E-state index in [2.05, 4.69) is 11.7 Å². The summed E-state index contributed by atoms with van der Waals surface area (Å²) in [4.78, 5) is 14.2. The van der Waals surface area contributed by atoms with Crippen molar-refractivity contribution in [1.29, 1.82) is 0 Å². The van der Waals surface area contributed by atoms with Crippen molar-refractivity contribution in [2.45, 2.75) is 13.5 Å². The van der Waals surface area contributed by atoms with Crippen molar-refractivity contribution in [3.63, 3.8) is 0 Å². The Labute approximate surface area is 129 Å². The van der Waals surface area contributed by atoms with Gasteiger partial charge in [-0.05, 0) is 12.5 Å². The summed E-state index contributed by atoms with van der Waals surface area (Å²) in [6.45, 7) is 6.82. The van der Waals surface area contributed by atoms with Crippen molar-refractivity contribution in [3.8, 4) is 0 Å². The first-order chi connectivity index (χ1) is 9.99. The Bertz CT molecular complexity index is 694. The number of nitrogens with zero attached hydrogens (tertiary/aromatic N) is 3. The largest absolute Gasteiger partial charge is 0.368 e. The fourth-order valence-corrected chi connectivity index (χ4v) is 2.37. The lowest BCUT2D eigenvalue weighted by Crippen LogP contribution is -2.28. The van der Waals surface area contributed by atoms with Crippen LogP contribution in [0.2, 0.25) is 5.02 Å². The van der Waals surface area contributed by atoms with Gasteiger partial charge in [-0.15, -0.1) is 0 Å². The average Bonchev–Trinajstić information content (AvgIpc) is 2.44. The molecule has 21 heavy (non-hydrogen) atoms. The van der Waals surface area contributed by atoms with E-state index in [4.69, 9.17) is 11.6 Å². The van der Waals surface area contributed by atoms with E-state index >= 15 is 0 Å². The summed E-state index contributed by atoms with van der Waals surface area (Å²) >= 11 is 6.20. The Morgan fingerprint density at radius 1 is 1.38 bits per heavy atom. The zero-order valence-corrected chi connectivity index (χ0v) is 13.0. The second-order valence-electron chi connectivity index (χ2n) is 5.11. The van der Waals surface area contributed by atoms with Crippen LogP contribution in [0.1, 0.15) is 12.5 Å². The SMILES string of the molecule is C=C(C)CN(C)c1cnn(Cc2ccccc2)c(=O)c1Cl. The molecule has 0 aliphatic heterocycles. The van der Waals surface area contributed by atoms with E-state index in [0.717, 1.165) is 11.1 Å². The molecule has 0 fully saturated rings. The van der Waals surface area contributed by atoms with Gasteiger partial charge in [0, 0.05) is 13.6 Å². The van der Waals surface area contributed by atoms with Crippen LogP contribution in [0.25, 0.3) is 0 Å². The van der Waals surface area contributed by atoms with E-state index in [1.807, 2.05) is 49.2 Å². The normalized spacial score (nSPS) is 10.4. The zero-order valence-electron chi connectivity index (χ0n) is 12.2. The second kappa shape index (κ2) is 6.59. The number of hydrogen-bond donors (Lipinski definition) is 0. The van der Waals surface area contributed by atoms with E-state index in [-0.39, 0.29) is 10.6 Å². The molecule has 2 aromatic rings. The third-order valence-electron chi connectivity index (χ3n) is 3.06. The van der Waals surface area contributed by atoms with Gasteiger partial charge in [0.25, 0.3) is 5.56 Å². The van der Waals surface area contributed by atoms with Gasteiger partial charge in [0.05, 0.1) is 18.4 Å². The van der Waals surface area contributed by atoms with E-state index in [1.54, 1.807) is 6.20 Å². The van der Waals surface area contributed by atoms with Gasteiger partial charge in [-0.2, -0.15) is 5.10 Å². The summed E-state index contributed by atoms with van der Waals surface area (Å²) in [5.41, 5.74) is 2.33. The van der Waals surface area contributed by atoms with Crippen molar-refractivity contribution < 1.29 is 0 Å². The molecule has 0 unspecified atom stereocenters. The highest BCUT2D eigenvalue weighted by Gasteiger charge is 2.13. The van der Waals surface area contributed by atoms with Gasteiger partial charge in [-0.1, -0.05) is 54.1 Å². The van der Waals surface area contributed by atoms with Crippen LogP contribution in [0.4, 0.5) is 5.69 Å². The summed E-state index contributed by atoms with van der Waals surface area (Å²) < 4.78 is 1.37. The van der Waals surface area contributed by atoms with Gasteiger partial charge in [0.2, 0.25) is 0 Å². The topological polar surface area (TPSA) is 38.1 Å². The molecule has 0 aliphatic rings. The Kier molecular flexibility index (Phi) is 4.81. The Morgan fingerprint density at radius 2 is 2.05 bits per heavy atom. The van der Waals surface area contributed by atoms with Crippen molar-refractivity contribution in [1.82, 2.24) is 9.78 Å². The van der Waals surface area contributed by atoms with Crippen LogP contribution in [-0.4, -0.2) is 23.4 Å². The molecule has 0 aliphatic carbocycles. The summed E-state index contributed by atoms with van der Waals surface area (Å²) in [7, 11) is 1.86. The summed E-state index contributed by atoms with van der Waals surface area (Å²) in [6.07, 6.45) is 1.62. The Morgan fingerprint density at radius 3 is 2.67 bits per heavy atom. The maximum absolute atomic E-state index is 12.3. The van der Waals surface area contributed by atoms with Crippen LogP contribution in [0, 0.1) is 0 Å². The number of aromatic nitrogens is 2. The highest BCUT2D eigenvalue weighted by molar-refractivity contribution is 6.33. The molecule has 0 saturated carbocycles. The van der Waals surface area contributed by atoms with Gasteiger partial charge in [-0.25, -0.2) is 4.68 Å². The predicted octanol–water partition coefficient (Wildman–Crippen LogP) is 2.96. The smallest absolute Gasteiger partial charge is 0.287 e. The molecule has 2 rings (SSSR count). The Hall–Kier alpha value is -2.07. The fraction of sp³-hybridized carbons (Fsp3) is 0.250. The average molecular weight is 304 g/mol.